The Hall–Kier alpha value is -2.84. The van der Waals surface area contributed by atoms with Crippen LogP contribution in [0.25, 0.3) is 11.1 Å². The maximum absolute atomic E-state index is 12.5. The number of hydrogen-bond acceptors (Lipinski definition) is 4. The molecule has 1 amide bonds. The van der Waals surface area contributed by atoms with Gasteiger partial charge in [0.05, 0.1) is 12.6 Å². The molecule has 2 saturated heterocycles. The fourth-order valence-electron chi connectivity index (χ4n) is 4.23. The molecule has 0 unspecified atom stereocenters. The van der Waals surface area contributed by atoms with Crippen molar-refractivity contribution >= 4 is 11.6 Å². The van der Waals surface area contributed by atoms with Crippen LogP contribution >= 0.6 is 0 Å². The summed E-state index contributed by atoms with van der Waals surface area (Å²) in [6.07, 6.45) is 2.76. The van der Waals surface area contributed by atoms with E-state index < -0.39 is 0 Å². The minimum Gasteiger partial charge on any atom is -0.381 e. The van der Waals surface area contributed by atoms with Gasteiger partial charge in [0.1, 0.15) is 6.04 Å². The van der Waals surface area contributed by atoms with Gasteiger partial charge in [-0.2, -0.15) is 5.26 Å². The topological polar surface area (TPSA) is 59.4 Å². The Kier molecular flexibility index (Phi) is 5.59. The van der Waals surface area contributed by atoms with Crippen molar-refractivity contribution in [3.8, 4) is 17.2 Å². The maximum Gasteiger partial charge on any atom is 0.237 e. The van der Waals surface area contributed by atoms with Crippen LogP contribution in [0.3, 0.4) is 0 Å². The molecule has 5 nitrogen and oxygen atoms in total. The average molecular weight is 374 g/mol. The number of carbonyl (C=O) groups excluding carboxylic acids is 1. The summed E-state index contributed by atoms with van der Waals surface area (Å²) in [6.45, 7) is 2.90. The third kappa shape index (κ3) is 4.18. The normalized spacial score (nSPS) is 22.2. The molecule has 1 N–H and O–H groups in total. The summed E-state index contributed by atoms with van der Waals surface area (Å²) in [4.78, 5) is 16.5. The lowest BCUT2D eigenvalue weighted by atomic mass is 10.1. The fraction of sp³-hybridized carbons (Fsp3) is 0.391. The van der Waals surface area contributed by atoms with Crippen LogP contribution in [0.5, 0.6) is 0 Å². The van der Waals surface area contributed by atoms with E-state index >= 15 is 0 Å². The Bertz CT molecular complexity index is 860. The highest BCUT2D eigenvalue weighted by atomic mass is 16.2. The van der Waals surface area contributed by atoms with E-state index in [9.17, 15) is 10.1 Å². The summed E-state index contributed by atoms with van der Waals surface area (Å²) in [6, 6.07) is 21.2. The van der Waals surface area contributed by atoms with Crippen LogP contribution in [-0.4, -0.2) is 54.0 Å². The van der Waals surface area contributed by atoms with Crippen LogP contribution < -0.4 is 5.32 Å². The Labute approximate surface area is 166 Å². The van der Waals surface area contributed by atoms with E-state index in [0.29, 0.717) is 12.6 Å². The van der Waals surface area contributed by atoms with E-state index in [2.05, 4.69) is 64.8 Å². The molecule has 4 rings (SSSR count). The SMILES string of the molecule is N#C[C@@H]1CCCN1C(=O)CN1CC[C@@H](Nc2cccc(-c3ccccc3)c2)C1. The lowest BCUT2D eigenvalue weighted by molar-refractivity contribution is -0.132. The number of nitrogens with one attached hydrogen (secondary N) is 1. The third-order valence-electron chi connectivity index (χ3n) is 5.69. The number of likely N-dealkylation sites (tertiary alicyclic amines) is 2. The fourth-order valence-corrected chi connectivity index (χ4v) is 4.23. The Morgan fingerprint density at radius 3 is 2.71 bits per heavy atom. The first kappa shape index (κ1) is 18.5. The van der Waals surface area contributed by atoms with Crippen molar-refractivity contribution in [2.45, 2.75) is 31.3 Å². The number of rotatable bonds is 5. The van der Waals surface area contributed by atoms with Gasteiger partial charge in [-0.25, -0.2) is 0 Å². The molecule has 2 atom stereocenters. The zero-order valence-electron chi connectivity index (χ0n) is 16.1. The number of nitrogens with zero attached hydrogens (tertiary/aromatic N) is 3. The van der Waals surface area contributed by atoms with Gasteiger partial charge < -0.3 is 10.2 Å². The zero-order chi connectivity index (χ0) is 19.3. The van der Waals surface area contributed by atoms with Gasteiger partial charge >= 0.3 is 0 Å². The summed E-state index contributed by atoms with van der Waals surface area (Å²) in [5, 5.41) is 12.8. The first-order chi connectivity index (χ1) is 13.7. The number of benzene rings is 2. The molecule has 5 heteroatoms. The molecule has 28 heavy (non-hydrogen) atoms. The molecule has 2 aliphatic rings. The van der Waals surface area contributed by atoms with Gasteiger partial charge in [-0.1, -0.05) is 42.5 Å². The number of amides is 1. The smallest absolute Gasteiger partial charge is 0.237 e. The largest absolute Gasteiger partial charge is 0.381 e. The maximum atomic E-state index is 12.5. The van der Waals surface area contributed by atoms with Crippen molar-refractivity contribution in [1.29, 1.82) is 5.26 Å². The minimum absolute atomic E-state index is 0.0933. The molecule has 0 radical (unpaired) electrons. The predicted molar refractivity (Wildman–Crippen MR) is 111 cm³/mol. The number of anilines is 1. The Balaban J connectivity index is 1.33. The van der Waals surface area contributed by atoms with Crippen molar-refractivity contribution in [3.63, 3.8) is 0 Å². The van der Waals surface area contributed by atoms with E-state index in [0.717, 1.165) is 44.6 Å². The van der Waals surface area contributed by atoms with Crippen LogP contribution in [0.2, 0.25) is 0 Å². The molecule has 0 aliphatic carbocycles. The number of carbonyl (C=O) groups is 1. The first-order valence-electron chi connectivity index (χ1n) is 10.1. The molecule has 0 bridgehead atoms. The highest BCUT2D eigenvalue weighted by Gasteiger charge is 2.31. The second-order valence-corrected chi connectivity index (χ2v) is 7.69. The summed E-state index contributed by atoms with van der Waals surface area (Å²) < 4.78 is 0. The third-order valence-corrected chi connectivity index (χ3v) is 5.69. The van der Waals surface area contributed by atoms with Gasteiger partial charge in [-0.05, 0) is 42.5 Å². The van der Waals surface area contributed by atoms with Crippen molar-refractivity contribution in [3.05, 3.63) is 54.6 Å². The molecule has 0 spiro atoms. The van der Waals surface area contributed by atoms with Crippen molar-refractivity contribution in [2.75, 3.05) is 31.5 Å². The molecule has 0 saturated carbocycles. The molecule has 2 fully saturated rings. The lowest BCUT2D eigenvalue weighted by Crippen LogP contribution is -2.42. The zero-order valence-corrected chi connectivity index (χ0v) is 16.1. The van der Waals surface area contributed by atoms with Gasteiger partial charge in [0.15, 0.2) is 0 Å². The van der Waals surface area contributed by atoms with Gasteiger partial charge in [0.2, 0.25) is 5.91 Å². The molecular weight excluding hydrogens is 348 g/mol. The summed E-state index contributed by atoms with van der Waals surface area (Å²) in [5.41, 5.74) is 3.53. The highest BCUT2D eigenvalue weighted by molar-refractivity contribution is 5.79. The van der Waals surface area contributed by atoms with E-state index in [-0.39, 0.29) is 11.9 Å². The van der Waals surface area contributed by atoms with E-state index in [1.165, 1.54) is 11.1 Å². The molecule has 144 valence electrons. The second-order valence-electron chi connectivity index (χ2n) is 7.69. The predicted octanol–water partition coefficient (Wildman–Crippen LogP) is 3.35. The minimum atomic E-state index is -0.232. The van der Waals surface area contributed by atoms with Gasteiger partial charge in [0, 0.05) is 31.4 Å². The monoisotopic (exact) mass is 374 g/mol. The molecule has 2 aromatic rings. The summed E-state index contributed by atoms with van der Waals surface area (Å²) >= 11 is 0. The van der Waals surface area contributed by atoms with Crippen molar-refractivity contribution in [1.82, 2.24) is 9.80 Å². The lowest BCUT2D eigenvalue weighted by Gasteiger charge is -2.23. The molecule has 2 aliphatic heterocycles. The first-order valence-corrected chi connectivity index (χ1v) is 10.1. The van der Waals surface area contributed by atoms with Crippen LogP contribution in [0.15, 0.2) is 54.6 Å². The van der Waals surface area contributed by atoms with Gasteiger partial charge in [-0.15, -0.1) is 0 Å². The van der Waals surface area contributed by atoms with Crippen LogP contribution in [0.1, 0.15) is 19.3 Å². The highest BCUT2D eigenvalue weighted by Crippen LogP contribution is 2.24. The second kappa shape index (κ2) is 8.45. The van der Waals surface area contributed by atoms with Gasteiger partial charge in [-0.3, -0.25) is 9.69 Å². The number of hydrogen-bond donors (Lipinski definition) is 1. The quantitative estimate of drug-likeness (QED) is 0.872. The standard InChI is InChI=1S/C23H26N4O/c24-15-22-10-5-12-27(22)23(28)17-26-13-11-21(16-26)25-20-9-4-8-19(14-20)18-6-2-1-3-7-18/h1-4,6-9,14,21-22,25H,5,10-13,16-17H2/t21-,22+/m1/s1. The number of nitriles is 1. The molecular formula is C23H26N4O. The van der Waals surface area contributed by atoms with E-state index in [1.54, 1.807) is 4.90 Å². The average Bonchev–Trinajstić information content (AvgIpc) is 3.38. The van der Waals surface area contributed by atoms with E-state index in [1.807, 2.05) is 6.07 Å². The Morgan fingerprint density at radius 1 is 1.07 bits per heavy atom. The van der Waals surface area contributed by atoms with E-state index in [4.69, 9.17) is 0 Å². The molecule has 2 aromatic carbocycles. The van der Waals surface area contributed by atoms with Crippen LogP contribution in [-0.2, 0) is 4.79 Å². The van der Waals surface area contributed by atoms with Gasteiger partial charge in [0.25, 0.3) is 0 Å². The molecule has 0 aromatic heterocycles. The Morgan fingerprint density at radius 2 is 1.89 bits per heavy atom. The summed E-state index contributed by atoms with van der Waals surface area (Å²) in [7, 11) is 0. The molecule has 2 heterocycles. The summed E-state index contributed by atoms with van der Waals surface area (Å²) in [5.74, 6) is 0.0933. The van der Waals surface area contributed by atoms with Crippen LogP contribution in [0.4, 0.5) is 5.69 Å². The van der Waals surface area contributed by atoms with Crippen molar-refractivity contribution < 1.29 is 4.79 Å². The van der Waals surface area contributed by atoms with Crippen LogP contribution in [0, 0.1) is 11.3 Å². The van der Waals surface area contributed by atoms with Crippen molar-refractivity contribution in [2.24, 2.45) is 0 Å².